The molecule has 0 aromatic carbocycles. The number of ether oxygens (including phenoxy) is 5. The summed E-state index contributed by atoms with van der Waals surface area (Å²) in [6, 6.07) is 0. The van der Waals surface area contributed by atoms with Crippen molar-refractivity contribution >= 4 is 0 Å². The van der Waals surface area contributed by atoms with E-state index in [9.17, 15) is 4.39 Å². The Morgan fingerprint density at radius 1 is 0.900 bits per heavy atom. The Morgan fingerprint density at radius 2 is 1.50 bits per heavy atom. The van der Waals surface area contributed by atoms with Gasteiger partial charge in [-0.2, -0.15) is 0 Å². The molecule has 0 radical (unpaired) electrons. The average Bonchev–Trinajstić information content (AvgIpc) is 2.91. The van der Waals surface area contributed by atoms with Gasteiger partial charge < -0.3 is 23.7 Å². The molecule has 118 valence electrons. The molecule has 0 unspecified atom stereocenters. The van der Waals surface area contributed by atoms with Crippen molar-refractivity contribution in [3.8, 4) is 0 Å². The highest BCUT2D eigenvalue weighted by Gasteiger charge is 2.46. The summed E-state index contributed by atoms with van der Waals surface area (Å²) in [5.74, 6) is -0.515. The summed E-state index contributed by atoms with van der Waals surface area (Å²) in [5, 5.41) is 0. The molecule has 2 rings (SSSR count). The van der Waals surface area contributed by atoms with E-state index in [0.29, 0.717) is 65.3 Å². The normalized spacial score (nSPS) is 24.3. The summed E-state index contributed by atoms with van der Waals surface area (Å²) in [5.41, 5.74) is -1.26. The molecule has 5 nitrogen and oxygen atoms in total. The summed E-state index contributed by atoms with van der Waals surface area (Å²) in [7, 11) is 1.63. The van der Waals surface area contributed by atoms with Crippen molar-refractivity contribution in [1.82, 2.24) is 0 Å². The predicted octanol–water partition coefficient (Wildman–Crippen LogP) is 1.69. The number of alkyl halides is 1. The van der Waals surface area contributed by atoms with Crippen LogP contribution in [0.5, 0.6) is 0 Å². The van der Waals surface area contributed by atoms with Crippen LogP contribution in [0.25, 0.3) is 0 Å². The molecule has 1 saturated heterocycles. The minimum Gasteiger partial charge on any atom is -0.382 e. The van der Waals surface area contributed by atoms with Crippen molar-refractivity contribution in [3.63, 3.8) is 0 Å². The fraction of sp³-hybridized carbons (Fsp3) is 1.00. The molecule has 0 atom stereocenters. The maximum atomic E-state index is 14.5. The van der Waals surface area contributed by atoms with Crippen LogP contribution in [-0.2, 0) is 23.7 Å². The minimum atomic E-state index is -1.26. The van der Waals surface area contributed by atoms with E-state index in [2.05, 4.69) is 0 Å². The van der Waals surface area contributed by atoms with Crippen molar-refractivity contribution in [2.24, 2.45) is 0 Å². The highest BCUT2D eigenvalue weighted by molar-refractivity contribution is 4.91. The Kier molecular flexibility index (Phi) is 6.17. The second-order valence-electron chi connectivity index (χ2n) is 5.42. The summed E-state index contributed by atoms with van der Waals surface area (Å²) in [6.07, 6.45) is 2.07. The van der Waals surface area contributed by atoms with Crippen LogP contribution >= 0.6 is 0 Å². The maximum Gasteiger partial charge on any atom is 0.168 e. The number of hydrogen-bond acceptors (Lipinski definition) is 5. The van der Waals surface area contributed by atoms with Crippen LogP contribution in [0.15, 0.2) is 0 Å². The van der Waals surface area contributed by atoms with E-state index in [1.54, 1.807) is 7.11 Å². The van der Waals surface area contributed by atoms with Crippen molar-refractivity contribution in [2.75, 3.05) is 53.4 Å². The molecule has 2 aliphatic rings. The first-order valence-electron chi connectivity index (χ1n) is 7.29. The molecular formula is C14H25FO5. The molecule has 1 spiro atoms. The first-order valence-corrected chi connectivity index (χ1v) is 7.29. The van der Waals surface area contributed by atoms with Gasteiger partial charge in [-0.25, -0.2) is 4.39 Å². The molecule has 0 N–H and O–H groups in total. The lowest BCUT2D eigenvalue weighted by atomic mass is 9.83. The van der Waals surface area contributed by atoms with E-state index in [1.165, 1.54) is 0 Å². The first-order chi connectivity index (χ1) is 9.68. The highest BCUT2D eigenvalue weighted by Crippen LogP contribution is 2.42. The molecule has 0 aromatic rings. The summed E-state index contributed by atoms with van der Waals surface area (Å²) >= 11 is 0. The van der Waals surface area contributed by atoms with Gasteiger partial charge in [-0.1, -0.05) is 0 Å². The van der Waals surface area contributed by atoms with Gasteiger partial charge in [0.05, 0.1) is 46.2 Å². The van der Waals surface area contributed by atoms with Crippen molar-refractivity contribution in [3.05, 3.63) is 0 Å². The molecular weight excluding hydrogens is 267 g/mol. The Morgan fingerprint density at radius 3 is 2.15 bits per heavy atom. The van der Waals surface area contributed by atoms with Crippen LogP contribution in [-0.4, -0.2) is 64.8 Å². The third-order valence-electron chi connectivity index (χ3n) is 3.89. The maximum absolute atomic E-state index is 14.5. The van der Waals surface area contributed by atoms with Gasteiger partial charge in [0.25, 0.3) is 0 Å². The van der Waals surface area contributed by atoms with Gasteiger partial charge in [-0.05, 0) is 12.8 Å². The molecule has 0 aromatic heterocycles. The van der Waals surface area contributed by atoms with Gasteiger partial charge in [-0.3, -0.25) is 0 Å². The zero-order valence-electron chi connectivity index (χ0n) is 12.2. The molecule has 20 heavy (non-hydrogen) atoms. The second kappa shape index (κ2) is 7.66. The van der Waals surface area contributed by atoms with Gasteiger partial charge in [0, 0.05) is 20.0 Å². The van der Waals surface area contributed by atoms with E-state index in [0.717, 1.165) is 0 Å². The van der Waals surface area contributed by atoms with Gasteiger partial charge in [0.1, 0.15) is 5.67 Å². The minimum absolute atomic E-state index is 0.122. The zero-order valence-corrected chi connectivity index (χ0v) is 12.2. The van der Waals surface area contributed by atoms with E-state index in [4.69, 9.17) is 23.7 Å². The number of hydrogen-bond donors (Lipinski definition) is 0. The monoisotopic (exact) mass is 292 g/mol. The van der Waals surface area contributed by atoms with Gasteiger partial charge in [0.2, 0.25) is 0 Å². The molecule has 1 heterocycles. The highest BCUT2D eigenvalue weighted by atomic mass is 19.1. The Bertz CT molecular complexity index is 271. The third kappa shape index (κ3) is 4.63. The summed E-state index contributed by atoms with van der Waals surface area (Å²) < 4.78 is 41.2. The lowest BCUT2D eigenvalue weighted by Gasteiger charge is -2.38. The predicted molar refractivity (Wildman–Crippen MR) is 70.5 cm³/mol. The zero-order chi connectivity index (χ0) is 14.3. The van der Waals surface area contributed by atoms with E-state index in [-0.39, 0.29) is 6.61 Å². The van der Waals surface area contributed by atoms with Crippen molar-refractivity contribution in [2.45, 2.75) is 37.1 Å². The topological polar surface area (TPSA) is 46.2 Å². The molecule has 0 bridgehead atoms. The summed E-state index contributed by atoms with van der Waals surface area (Å²) in [6.45, 7) is 3.34. The largest absolute Gasteiger partial charge is 0.382 e. The molecule has 2 fully saturated rings. The lowest BCUT2D eigenvalue weighted by Crippen LogP contribution is -2.43. The van der Waals surface area contributed by atoms with E-state index in [1.807, 2.05) is 0 Å². The lowest BCUT2D eigenvalue weighted by molar-refractivity contribution is -0.198. The fourth-order valence-corrected chi connectivity index (χ4v) is 2.63. The molecule has 0 amide bonds. The summed E-state index contributed by atoms with van der Waals surface area (Å²) in [4.78, 5) is 0. The van der Waals surface area contributed by atoms with Crippen molar-refractivity contribution in [1.29, 1.82) is 0 Å². The van der Waals surface area contributed by atoms with Crippen LogP contribution in [0, 0.1) is 0 Å². The van der Waals surface area contributed by atoms with Crippen LogP contribution in [0.3, 0.4) is 0 Å². The smallest absolute Gasteiger partial charge is 0.168 e. The molecule has 1 aliphatic carbocycles. The van der Waals surface area contributed by atoms with Gasteiger partial charge in [-0.15, -0.1) is 0 Å². The number of rotatable bonds is 8. The van der Waals surface area contributed by atoms with Gasteiger partial charge in [0.15, 0.2) is 5.79 Å². The van der Waals surface area contributed by atoms with Crippen LogP contribution in [0.2, 0.25) is 0 Å². The number of halogens is 1. The van der Waals surface area contributed by atoms with Crippen molar-refractivity contribution < 1.29 is 28.1 Å². The number of methoxy groups -OCH3 is 1. The average molecular weight is 292 g/mol. The molecule has 6 heteroatoms. The first kappa shape index (κ1) is 16.1. The Balaban J connectivity index is 1.56. The third-order valence-corrected chi connectivity index (χ3v) is 3.89. The fourth-order valence-electron chi connectivity index (χ4n) is 2.63. The Hall–Kier alpha value is -0.270. The van der Waals surface area contributed by atoms with Gasteiger partial charge >= 0.3 is 0 Å². The van der Waals surface area contributed by atoms with Crippen LogP contribution < -0.4 is 0 Å². The SMILES string of the molecule is COCCOCCOCC1(F)CCC2(CC1)OCCO2. The van der Waals surface area contributed by atoms with Crippen LogP contribution in [0.4, 0.5) is 4.39 Å². The quantitative estimate of drug-likeness (QED) is 0.637. The molecule has 1 saturated carbocycles. The second-order valence-corrected chi connectivity index (χ2v) is 5.42. The standard InChI is InChI=1S/C14H25FO5/c1-16-6-7-17-8-9-18-12-13(15)2-4-14(5-3-13)19-10-11-20-14/h2-12H2,1H3. The molecule has 1 aliphatic heterocycles. The van der Waals surface area contributed by atoms with Crippen LogP contribution in [0.1, 0.15) is 25.7 Å². The van der Waals surface area contributed by atoms with E-state index >= 15 is 0 Å². The Labute approximate surface area is 119 Å². The van der Waals surface area contributed by atoms with E-state index < -0.39 is 11.5 Å².